The predicted octanol–water partition coefficient (Wildman–Crippen LogP) is 4.19. The summed E-state index contributed by atoms with van der Waals surface area (Å²) in [6.07, 6.45) is 4.59. The maximum Gasteiger partial charge on any atom is 0.128 e. The number of rotatable bonds is 2. The number of aliphatic imine (C=N–C) groups is 1. The number of hydrogen-bond donors (Lipinski definition) is 0. The molecule has 2 heterocycles. The lowest BCUT2D eigenvalue weighted by Crippen LogP contribution is -2.64. The molecular weight excluding hydrogens is 330 g/mol. The first kappa shape index (κ1) is 16.9. The fraction of sp³-hybridized carbons (Fsp3) is 0.375. The average molecular weight is 358 g/mol. The highest BCUT2D eigenvalue weighted by molar-refractivity contribution is 6.11. The van der Waals surface area contributed by atoms with Crippen LogP contribution in [-0.4, -0.2) is 48.4 Å². The molecule has 2 fully saturated rings. The highest BCUT2D eigenvalue weighted by Crippen LogP contribution is 2.67. The van der Waals surface area contributed by atoms with Gasteiger partial charge in [0.05, 0.1) is 5.71 Å². The summed E-state index contributed by atoms with van der Waals surface area (Å²) in [4.78, 5) is 10.2. The molecule has 5 rings (SSSR count). The molecule has 0 radical (unpaired) electrons. The van der Waals surface area contributed by atoms with E-state index in [9.17, 15) is 0 Å². The van der Waals surface area contributed by atoms with E-state index in [1.165, 1.54) is 40.8 Å². The lowest BCUT2D eigenvalue weighted by molar-refractivity contribution is 0.0675. The van der Waals surface area contributed by atoms with Crippen molar-refractivity contribution in [2.75, 3.05) is 27.2 Å². The fourth-order valence-corrected chi connectivity index (χ4v) is 5.46. The summed E-state index contributed by atoms with van der Waals surface area (Å²) >= 11 is 0. The molecule has 0 N–H and O–H groups in total. The van der Waals surface area contributed by atoms with Crippen LogP contribution in [0.3, 0.4) is 0 Å². The Balaban J connectivity index is 1.74. The summed E-state index contributed by atoms with van der Waals surface area (Å²) in [7, 11) is 4.56. The molecule has 138 valence electrons. The summed E-state index contributed by atoms with van der Waals surface area (Å²) in [5, 5.41) is 0. The van der Waals surface area contributed by atoms with E-state index < -0.39 is 0 Å². The molecule has 0 unspecified atom stereocenters. The largest absolute Gasteiger partial charge is 0.281 e. The van der Waals surface area contributed by atoms with Crippen molar-refractivity contribution in [1.82, 2.24) is 9.80 Å². The van der Waals surface area contributed by atoms with Gasteiger partial charge in [0.25, 0.3) is 0 Å². The van der Waals surface area contributed by atoms with Crippen LogP contribution in [0.1, 0.15) is 29.5 Å². The predicted molar refractivity (Wildman–Crippen MR) is 112 cm³/mol. The van der Waals surface area contributed by atoms with E-state index in [0.29, 0.717) is 0 Å². The van der Waals surface area contributed by atoms with Gasteiger partial charge in [-0.15, -0.1) is 0 Å². The van der Waals surface area contributed by atoms with Crippen LogP contribution in [0.15, 0.2) is 65.8 Å². The Labute approximate surface area is 162 Å². The summed E-state index contributed by atoms with van der Waals surface area (Å²) in [6.45, 7) is 4.30. The fourth-order valence-electron chi connectivity index (χ4n) is 5.46. The van der Waals surface area contributed by atoms with Gasteiger partial charge in [-0.25, -0.2) is 0 Å². The van der Waals surface area contributed by atoms with Gasteiger partial charge in [-0.1, -0.05) is 60.2 Å². The van der Waals surface area contributed by atoms with Gasteiger partial charge in [-0.3, -0.25) is 14.8 Å². The smallest absolute Gasteiger partial charge is 0.128 e. The quantitative estimate of drug-likeness (QED) is 0.802. The Morgan fingerprint density at radius 2 is 1.44 bits per heavy atom. The monoisotopic (exact) mass is 357 g/mol. The minimum absolute atomic E-state index is 0.120. The Morgan fingerprint density at radius 1 is 0.815 bits per heavy atom. The van der Waals surface area contributed by atoms with Crippen molar-refractivity contribution in [3.63, 3.8) is 0 Å². The zero-order chi connectivity index (χ0) is 18.6. The number of nitrogens with zero attached hydrogens (tertiary/aromatic N) is 3. The minimum Gasteiger partial charge on any atom is -0.281 e. The highest BCUT2D eigenvalue weighted by atomic mass is 15.5. The van der Waals surface area contributed by atoms with E-state index in [1.807, 2.05) is 0 Å². The number of aryl methyl sites for hydroxylation is 1. The average Bonchev–Trinajstić information content (AvgIpc) is 3.42. The third-order valence-electron chi connectivity index (χ3n) is 6.87. The van der Waals surface area contributed by atoms with E-state index >= 15 is 0 Å². The van der Waals surface area contributed by atoms with Crippen LogP contribution in [-0.2, 0) is 0 Å². The second-order valence-electron chi connectivity index (χ2n) is 8.35. The molecule has 2 aromatic carbocycles. The molecule has 0 atom stereocenters. The second-order valence-corrected chi connectivity index (χ2v) is 8.35. The van der Waals surface area contributed by atoms with E-state index in [-0.39, 0.29) is 11.1 Å². The topological polar surface area (TPSA) is 18.8 Å². The first-order chi connectivity index (χ1) is 13.1. The molecule has 3 heteroatoms. The molecule has 0 bridgehead atoms. The van der Waals surface area contributed by atoms with Gasteiger partial charge in [-0.2, -0.15) is 0 Å². The van der Waals surface area contributed by atoms with Crippen LogP contribution in [0, 0.1) is 12.3 Å². The molecule has 2 spiro atoms. The molecule has 1 aliphatic carbocycles. The Bertz CT molecular complexity index is 910. The molecule has 3 aliphatic rings. The van der Waals surface area contributed by atoms with Crippen molar-refractivity contribution in [3.8, 4) is 0 Å². The molecule has 0 amide bonds. The SMILES string of the molecule is Cc1ccc(C2=CN=C(c3ccccc3)C3(N(C)CCN3C)C23CC3)cc1. The number of benzene rings is 2. The first-order valence-corrected chi connectivity index (χ1v) is 9.93. The zero-order valence-electron chi connectivity index (χ0n) is 16.4. The van der Waals surface area contributed by atoms with Gasteiger partial charge < -0.3 is 0 Å². The zero-order valence-corrected chi connectivity index (χ0v) is 16.4. The van der Waals surface area contributed by atoms with Gasteiger partial charge in [0, 0.05) is 24.7 Å². The Morgan fingerprint density at radius 3 is 2.04 bits per heavy atom. The van der Waals surface area contributed by atoms with Crippen LogP contribution in [0.25, 0.3) is 5.57 Å². The normalized spacial score (nSPS) is 23.5. The summed E-state index contributed by atoms with van der Waals surface area (Å²) in [5.41, 5.74) is 6.43. The van der Waals surface area contributed by atoms with Crippen LogP contribution in [0.5, 0.6) is 0 Å². The van der Waals surface area contributed by atoms with E-state index in [2.05, 4.69) is 91.6 Å². The van der Waals surface area contributed by atoms with Gasteiger partial charge in [0.1, 0.15) is 5.66 Å². The van der Waals surface area contributed by atoms with Gasteiger partial charge in [-0.05, 0) is 50.6 Å². The van der Waals surface area contributed by atoms with E-state index in [1.54, 1.807) is 0 Å². The van der Waals surface area contributed by atoms with Crippen molar-refractivity contribution in [1.29, 1.82) is 0 Å². The van der Waals surface area contributed by atoms with E-state index in [0.717, 1.165) is 13.1 Å². The molecular formula is C24H27N3. The van der Waals surface area contributed by atoms with Gasteiger partial charge >= 0.3 is 0 Å². The Hall–Kier alpha value is -2.23. The highest BCUT2D eigenvalue weighted by Gasteiger charge is 2.70. The molecule has 3 nitrogen and oxygen atoms in total. The number of fused-ring (bicyclic) bond motifs is 1. The van der Waals surface area contributed by atoms with Crippen molar-refractivity contribution in [2.24, 2.45) is 10.4 Å². The molecule has 2 aliphatic heterocycles. The summed E-state index contributed by atoms with van der Waals surface area (Å²) in [6, 6.07) is 19.7. The standard InChI is InChI=1S/C24H27N3/c1-18-9-11-19(12-10-18)21-17-25-22(20-7-5-4-6-8-20)24(23(21)13-14-23)26(2)15-16-27(24)3/h4-12,17H,13-16H2,1-3H3. The maximum absolute atomic E-state index is 5.12. The van der Waals surface area contributed by atoms with Gasteiger partial charge in [0.15, 0.2) is 0 Å². The third-order valence-corrected chi connectivity index (χ3v) is 6.87. The molecule has 1 saturated heterocycles. The third kappa shape index (κ3) is 2.19. The minimum atomic E-state index is -0.163. The van der Waals surface area contributed by atoms with Crippen molar-refractivity contribution < 1.29 is 0 Å². The summed E-state index contributed by atoms with van der Waals surface area (Å²) in [5.74, 6) is 0. The Kier molecular flexibility index (Phi) is 3.68. The van der Waals surface area contributed by atoms with Crippen LogP contribution >= 0.6 is 0 Å². The van der Waals surface area contributed by atoms with Gasteiger partial charge in [0.2, 0.25) is 0 Å². The van der Waals surface area contributed by atoms with Crippen molar-refractivity contribution in [2.45, 2.75) is 25.4 Å². The molecule has 27 heavy (non-hydrogen) atoms. The number of hydrogen-bond acceptors (Lipinski definition) is 3. The van der Waals surface area contributed by atoms with Crippen LogP contribution in [0.4, 0.5) is 0 Å². The van der Waals surface area contributed by atoms with Crippen molar-refractivity contribution >= 4 is 11.3 Å². The first-order valence-electron chi connectivity index (χ1n) is 9.93. The van der Waals surface area contributed by atoms with E-state index in [4.69, 9.17) is 4.99 Å². The molecule has 0 aromatic heterocycles. The molecule has 2 aromatic rings. The molecule has 1 saturated carbocycles. The second kappa shape index (κ2) is 5.88. The van der Waals surface area contributed by atoms with Crippen molar-refractivity contribution in [3.05, 3.63) is 77.5 Å². The van der Waals surface area contributed by atoms with Crippen LogP contribution < -0.4 is 0 Å². The summed E-state index contributed by atoms with van der Waals surface area (Å²) < 4.78 is 0. The maximum atomic E-state index is 5.12. The lowest BCUT2D eigenvalue weighted by Gasteiger charge is -2.51. The number of likely N-dealkylation sites (N-methyl/N-ethyl adjacent to an activating group) is 2. The van der Waals surface area contributed by atoms with Crippen LogP contribution in [0.2, 0.25) is 0 Å². The lowest BCUT2D eigenvalue weighted by atomic mass is 9.72.